The molecule has 0 radical (unpaired) electrons. The van der Waals surface area contributed by atoms with Crippen molar-refractivity contribution in [3.05, 3.63) is 41.0 Å². The highest BCUT2D eigenvalue weighted by molar-refractivity contribution is 8.01. The molecule has 0 fully saturated rings. The first kappa shape index (κ1) is 19.9. The van der Waals surface area contributed by atoms with Crippen LogP contribution in [0.15, 0.2) is 34.2 Å². The van der Waals surface area contributed by atoms with Gasteiger partial charge < -0.3 is 10.6 Å². The van der Waals surface area contributed by atoms with Gasteiger partial charge in [0.15, 0.2) is 4.34 Å². The molecular formula is C20H26N4OS2. The molecule has 0 bridgehead atoms. The van der Waals surface area contributed by atoms with Gasteiger partial charge in [0.05, 0.1) is 5.75 Å². The van der Waals surface area contributed by atoms with E-state index in [2.05, 4.69) is 52.9 Å². The van der Waals surface area contributed by atoms with Crippen molar-refractivity contribution in [3.8, 4) is 0 Å². The molecule has 1 heterocycles. The Morgan fingerprint density at radius 3 is 2.93 bits per heavy atom. The molecule has 0 unspecified atom stereocenters. The summed E-state index contributed by atoms with van der Waals surface area (Å²) >= 11 is 2.90. The minimum absolute atomic E-state index is 0.0514. The molecule has 0 atom stereocenters. The standard InChI is InChI=1S/C20H26N4OS2/c1-14-8-9-17(15(2)12-14)22-19-23-24-20(27-19)26-13-18(25)21-11-10-16-6-4-3-5-7-16/h6,8-9,12H,3-5,7,10-11,13H2,1-2H3,(H,21,25)(H,22,23). The van der Waals surface area contributed by atoms with Crippen molar-refractivity contribution in [1.82, 2.24) is 15.5 Å². The van der Waals surface area contributed by atoms with Gasteiger partial charge in [0.2, 0.25) is 11.0 Å². The van der Waals surface area contributed by atoms with Crippen LogP contribution >= 0.6 is 23.1 Å². The van der Waals surface area contributed by atoms with Crippen molar-refractivity contribution in [1.29, 1.82) is 0 Å². The number of anilines is 2. The van der Waals surface area contributed by atoms with Crippen LogP contribution in [0.4, 0.5) is 10.8 Å². The molecule has 1 aliphatic carbocycles. The van der Waals surface area contributed by atoms with Crippen LogP contribution in [0, 0.1) is 13.8 Å². The molecule has 1 amide bonds. The molecule has 27 heavy (non-hydrogen) atoms. The maximum absolute atomic E-state index is 12.0. The van der Waals surface area contributed by atoms with Crippen LogP contribution in [0.25, 0.3) is 0 Å². The van der Waals surface area contributed by atoms with Crippen LogP contribution in [0.1, 0.15) is 43.2 Å². The highest BCUT2D eigenvalue weighted by Crippen LogP contribution is 2.29. The van der Waals surface area contributed by atoms with E-state index >= 15 is 0 Å². The monoisotopic (exact) mass is 402 g/mol. The van der Waals surface area contributed by atoms with Gasteiger partial charge in [-0.3, -0.25) is 4.79 Å². The number of hydrogen-bond donors (Lipinski definition) is 2. The van der Waals surface area contributed by atoms with E-state index in [4.69, 9.17) is 0 Å². The van der Waals surface area contributed by atoms with Crippen molar-refractivity contribution in [2.75, 3.05) is 17.6 Å². The molecule has 0 spiro atoms. The summed E-state index contributed by atoms with van der Waals surface area (Å²) in [6.45, 7) is 4.87. The minimum atomic E-state index is 0.0514. The summed E-state index contributed by atoms with van der Waals surface area (Å²) in [6, 6.07) is 6.25. The maximum Gasteiger partial charge on any atom is 0.230 e. The molecule has 0 saturated carbocycles. The number of benzene rings is 1. The summed E-state index contributed by atoms with van der Waals surface area (Å²) in [4.78, 5) is 12.0. The molecule has 1 aromatic heterocycles. The number of thioether (sulfide) groups is 1. The van der Waals surface area contributed by atoms with E-state index in [0.29, 0.717) is 5.75 Å². The summed E-state index contributed by atoms with van der Waals surface area (Å²) in [5.74, 6) is 0.424. The Bertz CT molecular complexity index is 816. The third kappa shape index (κ3) is 6.36. The van der Waals surface area contributed by atoms with Crippen LogP contribution in [-0.2, 0) is 4.79 Å². The lowest BCUT2D eigenvalue weighted by molar-refractivity contribution is -0.118. The number of carbonyl (C=O) groups is 1. The number of allylic oxidation sites excluding steroid dienone is 1. The van der Waals surface area contributed by atoms with Crippen LogP contribution in [0.3, 0.4) is 0 Å². The second kappa shape index (κ2) is 9.90. The van der Waals surface area contributed by atoms with Gasteiger partial charge in [-0.2, -0.15) is 0 Å². The number of nitrogens with one attached hydrogen (secondary N) is 2. The predicted molar refractivity (Wildman–Crippen MR) is 114 cm³/mol. The highest BCUT2D eigenvalue weighted by Gasteiger charge is 2.10. The number of hydrogen-bond acceptors (Lipinski definition) is 6. The Kier molecular flexibility index (Phi) is 7.29. The number of nitrogens with zero attached hydrogens (tertiary/aromatic N) is 2. The lowest BCUT2D eigenvalue weighted by Gasteiger charge is -2.12. The average molecular weight is 403 g/mol. The number of aromatic nitrogens is 2. The van der Waals surface area contributed by atoms with Crippen LogP contribution < -0.4 is 10.6 Å². The SMILES string of the molecule is Cc1ccc(Nc2nnc(SCC(=O)NCCC3=CCCCC3)s2)c(C)c1. The smallest absolute Gasteiger partial charge is 0.230 e. The van der Waals surface area contributed by atoms with Crippen molar-refractivity contribution < 1.29 is 4.79 Å². The van der Waals surface area contributed by atoms with Gasteiger partial charge in [-0.1, -0.05) is 52.4 Å². The fraction of sp³-hybridized carbons (Fsp3) is 0.450. The molecule has 144 valence electrons. The van der Waals surface area contributed by atoms with E-state index in [0.717, 1.165) is 28.1 Å². The summed E-state index contributed by atoms with van der Waals surface area (Å²) < 4.78 is 0.799. The zero-order valence-electron chi connectivity index (χ0n) is 15.9. The molecule has 5 nitrogen and oxygen atoms in total. The largest absolute Gasteiger partial charge is 0.355 e. The molecule has 0 aliphatic heterocycles. The normalized spacial score (nSPS) is 13.9. The van der Waals surface area contributed by atoms with Crippen molar-refractivity contribution >= 4 is 39.8 Å². The molecule has 2 N–H and O–H groups in total. The van der Waals surface area contributed by atoms with Crippen LogP contribution in [0.5, 0.6) is 0 Å². The van der Waals surface area contributed by atoms with Gasteiger partial charge >= 0.3 is 0 Å². The van der Waals surface area contributed by atoms with Crippen LogP contribution in [0.2, 0.25) is 0 Å². The predicted octanol–water partition coefficient (Wildman–Crippen LogP) is 5.00. The van der Waals surface area contributed by atoms with Gasteiger partial charge in [-0.05, 0) is 57.6 Å². The second-order valence-corrected chi connectivity index (χ2v) is 9.01. The number of aryl methyl sites for hydroxylation is 2. The number of carbonyl (C=O) groups excluding carboxylic acids is 1. The number of rotatable bonds is 8. The Balaban J connectivity index is 1.41. The van der Waals surface area contributed by atoms with E-state index in [-0.39, 0.29) is 5.91 Å². The lowest BCUT2D eigenvalue weighted by Crippen LogP contribution is -2.26. The van der Waals surface area contributed by atoms with Crippen LogP contribution in [-0.4, -0.2) is 28.4 Å². The third-order valence-corrected chi connectivity index (χ3v) is 6.48. The highest BCUT2D eigenvalue weighted by atomic mass is 32.2. The first-order valence-electron chi connectivity index (χ1n) is 9.35. The average Bonchev–Trinajstić information content (AvgIpc) is 3.11. The van der Waals surface area contributed by atoms with E-state index in [1.165, 1.54) is 65.5 Å². The Morgan fingerprint density at radius 1 is 1.26 bits per heavy atom. The lowest BCUT2D eigenvalue weighted by atomic mass is 9.97. The van der Waals surface area contributed by atoms with Crippen molar-refractivity contribution in [2.24, 2.45) is 0 Å². The molecule has 1 aliphatic rings. The molecule has 1 aromatic carbocycles. The van der Waals surface area contributed by atoms with Gasteiger partial charge in [-0.15, -0.1) is 10.2 Å². The quantitative estimate of drug-likeness (QED) is 0.480. The minimum Gasteiger partial charge on any atom is -0.355 e. The van der Waals surface area contributed by atoms with Gasteiger partial charge in [-0.25, -0.2) is 0 Å². The summed E-state index contributed by atoms with van der Waals surface area (Å²) in [5, 5.41) is 15.4. The second-order valence-electron chi connectivity index (χ2n) is 6.81. The van der Waals surface area contributed by atoms with Crippen molar-refractivity contribution in [2.45, 2.75) is 50.3 Å². The van der Waals surface area contributed by atoms with Crippen molar-refractivity contribution in [3.63, 3.8) is 0 Å². The zero-order valence-corrected chi connectivity index (χ0v) is 17.5. The molecule has 3 rings (SSSR count). The third-order valence-electron chi connectivity index (χ3n) is 4.51. The van der Waals surface area contributed by atoms with E-state index in [1.807, 2.05) is 6.07 Å². The first-order valence-corrected chi connectivity index (χ1v) is 11.2. The van der Waals surface area contributed by atoms with Gasteiger partial charge in [0, 0.05) is 12.2 Å². The Morgan fingerprint density at radius 2 is 2.15 bits per heavy atom. The maximum atomic E-state index is 12.0. The molecule has 0 saturated heterocycles. The molecule has 2 aromatic rings. The van der Waals surface area contributed by atoms with E-state index < -0.39 is 0 Å². The van der Waals surface area contributed by atoms with E-state index in [9.17, 15) is 4.79 Å². The van der Waals surface area contributed by atoms with Gasteiger partial charge in [0.25, 0.3) is 0 Å². The fourth-order valence-corrected chi connectivity index (χ4v) is 4.65. The first-order chi connectivity index (χ1) is 13.1. The Hall–Kier alpha value is -1.86. The summed E-state index contributed by atoms with van der Waals surface area (Å²) in [7, 11) is 0. The van der Waals surface area contributed by atoms with E-state index in [1.54, 1.807) is 0 Å². The Labute approximate surface area is 169 Å². The summed E-state index contributed by atoms with van der Waals surface area (Å²) in [6.07, 6.45) is 8.26. The van der Waals surface area contributed by atoms with Gasteiger partial charge in [0.1, 0.15) is 0 Å². The molecule has 7 heteroatoms. The number of amides is 1. The summed E-state index contributed by atoms with van der Waals surface area (Å²) in [5.41, 5.74) is 4.92. The zero-order chi connectivity index (χ0) is 19.1. The topological polar surface area (TPSA) is 66.9 Å². The molecular weight excluding hydrogens is 376 g/mol. The fourth-order valence-electron chi connectivity index (χ4n) is 3.06.